The van der Waals surface area contributed by atoms with Gasteiger partial charge in [0.2, 0.25) is 35.4 Å². The average Bonchev–Trinajstić information content (AvgIpc) is 3.59. The molecule has 224 valence electrons. The zero-order chi connectivity index (χ0) is 30.3. The molecule has 2 fully saturated rings. The summed E-state index contributed by atoms with van der Waals surface area (Å²) in [5, 5.41) is 27.1. The molecule has 2 aliphatic heterocycles. The van der Waals surface area contributed by atoms with E-state index in [2.05, 4.69) is 16.0 Å². The maximum Gasteiger partial charge on any atom is 0.246 e. The predicted molar refractivity (Wildman–Crippen MR) is 143 cm³/mol. The van der Waals surface area contributed by atoms with Crippen LogP contribution in [0.5, 0.6) is 5.75 Å². The highest BCUT2D eigenvalue weighted by atomic mass is 16.3. The van der Waals surface area contributed by atoms with Gasteiger partial charge in [0, 0.05) is 25.9 Å². The highest BCUT2D eigenvalue weighted by molar-refractivity contribution is 5.96. The van der Waals surface area contributed by atoms with Gasteiger partial charge in [-0.2, -0.15) is 0 Å². The van der Waals surface area contributed by atoms with Gasteiger partial charge in [0.15, 0.2) is 0 Å². The van der Waals surface area contributed by atoms with E-state index < -0.39 is 72.3 Å². The fourth-order valence-corrected chi connectivity index (χ4v) is 4.96. The summed E-state index contributed by atoms with van der Waals surface area (Å²) in [6.45, 7) is 0.750. The minimum atomic E-state index is -1.06. The van der Waals surface area contributed by atoms with Crippen LogP contribution in [0, 0.1) is 0 Å². The van der Waals surface area contributed by atoms with Gasteiger partial charge in [-0.25, -0.2) is 0 Å². The number of carbonyl (C=O) groups is 6. The minimum Gasteiger partial charge on any atom is -0.508 e. The van der Waals surface area contributed by atoms with Gasteiger partial charge in [0.1, 0.15) is 29.9 Å². The number of amides is 6. The lowest BCUT2D eigenvalue weighted by atomic mass is 10.0. The molecule has 0 aliphatic carbocycles. The molecule has 9 N–H and O–H groups in total. The lowest BCUT2D eigenvalue weighted by Gasteiger charge is -2.31. The highest BCUT2D eigenvalue weighted by Crippen LogP contribution is 2.25. The van der Waals surface area contributed by atoms with Crippen molar-refractivity contribution in [2.45, 2.75) is 62.9 Å². The number of hydrogen-bond acceptors (Lipinski definition) is 9. The summed E-state index contributed by atoms with van der Waals surface area (Å²) in [6.07, 6.45) is -0.107. The Balaban J connectivity index is 1.63. The molecule has 1 aromatic rings. The molecule has 2 heterocycles. The van der Waals surface area contributed by atoms with Crippen molar-refractivity contribution in [3.8, 4) is 5.75 Å². The van der Waals surface area contributed by atoms with Crippen LogP contribution in [0.4, 0.5) is 0 Å². The van der Waals surface area contributed by atoms with Crippen LogP contribution in [0.15, 0.2) is 24.3 Å². The molecule has 0 saturated carbocycles. The average molecular weight is 576 g/mol. The van der Waals surface area contributed by atoms with Gasteiger partial charge in [-0.15, -0.1) is 0 Å². The van der Waals surface area contributed by atoms with Crippen LogP contribution in [-0.4, -0.2) is 112 Å². The van der Waals surface area contributed by atoms with Gasteiger partial charge in [-0.3, -0.25) is 28.8 Å². The number of likely N-dealkylation sites (tertiary alicyclic amines) is 2. The van der Waals surface area contributed by atoms with E-state index in [0.29, 0.717) is 18.4 Å². The lowest BCUT2D eigenvalue weighted by Crippen LogP contribution is -2.56. The van der Waals surface area contributed by atoms with Gasteiger partial charge < -0.3 is 47.4 Å². The molecule has 1 unspecified atom stereocenters. The SMILES string of the molecule is C[C@H](NC(=O)CN)C(=O)NCC(=O)N1CC(O)C[C@H]1C(=O)N1CCC[C@H]1C(=O)N[C@@H](Cc1ccc(O)cc1)C(N)=O. The first-order valence-corrected chi connectivity index (χ1v) is 13.3. The number of benzene rings is 1. The fourth-order valence-electron chi connectivity index (χ4n) is 4.96. The molecule has 0 radical (unpaired) electrons. The Morgan fingerprint density at radius 1 is 1.05 bits per heavy atom. The second kappa shape index (κ2) is 13.9. The topological polar surface area (TPSA) is 237 Å². The molecule has 2 aliphatic rings. The first kappa shape index (κ1) is 31.3. The number of nitrogens with zero attached hydrogens (tertiary/aromatic N) is 2. The molecule has 0 aromatic heterocycles. The number of β-amino-alcohol motifs (C(OH)–C–C–N with tert-alkyl or cyclic N) is 1. The van der Waals surface area contributed by atoms with Crippen molar-refractivity contribution >= 4 is 35.4 Å². The summed E-state index contributed by atoms with van der Waals surface area (Å²) in [7, 11) is 0. The Hall–Kier alpha value is -4.24. The number of aromatic hydroxyl groups is 1. The number of aliphatic hydroxyl groups is 1. The van der Waals surface area contributed by atoms with Crippen LogP contribution in [0.1, 0.15) is 31.7 Å². The van der Waals surface area contributed by atoms with Crippen molar-refractivity contribution in [1.29, 1.82) is 0 Å². The summed E-state index contributed by atoms with van der Waals surface area (Å²) in [5.74, 6) is -3.61. The van der Waals surface area contributed by atoms with Crippen LogP contribution in [-0.2, 0) is 35.2 Å². The summed E-state index contributed by atoms with van der Waals surface area (Å²) in [5.41, 5.74) is 11.4. The van der Waals surface area contributed by atoms with Crippen LogP contribution in [0.3, 0.4) is 0 Å². The van der Waals surface area contributed by atoms with Crippen molar-refractivity contribution in [1.82, 2.24) is 25.8 Å². The largest absolute Gasteiger partial charge is 0.508 e. The second-order valence-corrected chi connectivity index (χ2v) is 10.2. The Bertz CT molecular complexity index is 1160. The van der Waals surface area contributed by atoms with E-state index in [4.69, 9.17) is 11.5 Å². The number of hydrogen-bond donors (Lipinski definition) is 7. The van der Waals surface area contributed by atoms with Crippen LogP contribution >= 0.6 is 0 Å². The Kier molecular flexibility index (Phi) is 10.6. The quantitative estimate of drug-likeness (QED) is 0.138. The van der Waals surface area contributed by atoms with Crippen LogP contribution in [0.25, 0.3) is 0 Å². The summed E-state index contributed by atoms with van der Waals surface area (Å²) in [6, 6.07) is 2.12. The maximum absolute atomic E-state index is 13.5. The van der Waals surface area contributed by atoms with E-state index >= 15 is 0 Å². The third-order valence-corrected chi connectivity index (χ3v) is 7.13. The van der Waals surface area contributed by atoms with Gasteiger partial charge in [0.05, 0.1) is 19.2 Å². The standard InChI is InChI=1S/C26H37N7O8/c1-14(30-21(36)11-27)24(39)29-12-22(37)33-13-17(35)10-20(33)26(41)32-8-2-3-19(32)25(40)31-18(23(28)38)9-15-4-6-16(34)7-5-15/h4-7,14,17-20,34-35H,2-3,8-13,27H2,1H3,(H2,28,38)(H,29,39)(H,30,36)(H,31,40)/t14-,17?,18-,19-,20-/m0/s1. The molecule has 15 heteroatoms. The number of phenolic OH excluding ortho intramolecular Hbond substituents is 1. The molecule has 5 atom stereocenters. The van der Waals surface area contributed by atoms with E-state index in [1.807, 2.05) is 0 Å². The fraction of sp³-hybridized carbons (Fsp3) is 0.538. The number of nitrogens with two attached hydrogens (primary N) is 2. The van der Waals surface area contributed by atoms with Gasteiger partial charge in [0.25, 0.3) is 0 Å². The zero-order valence-corrected chi connectivity index (χ0v) is 22.7. The molecular weight excluding hydrogens is 538 g/mol. The van der Waals surface area contributed by atoms with E-state index in [-0.39, 0.29) is 38.2 Å². The first-order chi connectivity index (χ1) is 19.4. The van der Waals surface area contributed by atoms with Gasteiger partial charge in [-0.1, -0.05) is 12.1 Å². The number of phenols is 1. The lowest BCUT2D eigenvalue weighted by molar-refractivity contribution is -0.146. The summed E-state index contributed by atoms with van der Waals surface area (Å²) in [4.78, 5) is 77.9. The Labute approximate surface area is 236 Å². The predicted octanol–water partition coefficient (Wildman–Crippen LogP) is -3.56. The van der Waals surface area contributed by atoms with Crippen molar-refractivity contribution in [2.75, 3.05) is 26.2 Å². The van der Waals surface area contributed by atoms with E-state index in [1.165, 1.54) is 28.9 Å². The molecule has 15 nitrogen and oxygen atoms in total. The van der Waals surface area contributed by atoms with E-state index in [9.17, 15) is 39.0 Å². The first-order valence-electron chi connectivity index (χ1n) is 13.3. The number of carbonyl (C=O) groups excluding carboxylic acids is 6. The van der Waals surface area contributed by atoms with Crippen molar-refractivity contribution in [2.24, 2.45) is 11.5 Å². The molecule has 2 saturated heterocycles. The molecular formula is C26H37N7O8. The van der Waals surface area contributed by atoms with E-state index in [0.717, 1.165) is 0 Å². The summed E-state index contributed by atoms with van der Waals surface area (Å²) >= 11 is 0. The molecule has 41 heavy (non-hydrogen) atoms. The third kappa shape index (κ3) is 8.14. The number of primary amides is 1. The van der Waals surface area contributed by atoms with Crippen molar-refractivity contribution in [3.63, 3.8) is 0 Å². The maximum atomic E-state index is 13.5. The molecule has 1 aromatic carbocycles. The van der Waals surface area contributed by atoms with Crippen molar-refractivity contribution < 1.29 is 39.0 Å². The third-order valence-electron chi connectivity index (χ3n) is 7.13. The van der Waals surface area contributed by atoms with Gasteiger partial charge >= 0.3 is 0 Å². The van der Waals surface area contributed by atoms with Crippen molar-refractivity contribution in [3.05, 3.63) is 29.8 Å². The highest BCUT2D eigenvalue weighted by Gasteiger charge is 2.45. The number of nitrogens with one attached hydrogen (secondary N) is 3. The normalized spacial score (nSPS) is 21.6. The zero-order valence-electron chi connectivity index (χ0n) is 22.7. The van der Waals surface area contributed by atoms with E-state index in [1.54, 1.807) is 12.1 Å². The Morgan fingerprint density at radius 2 is 1.73 bits per heavy atom. The van der Waals surface area contributed by atoms with Gasteiger partial charge in [-0.05, 0) is 37.5 Å². The molecule has 0 bridgehead atoms. The minimum absolute atomic E-state index is 0.0446. The molecule has 0 spiro atoms. The smallest absolute Gasteiger partial charge is 0.246 e. The summed E-state index contributed by atoms with van der Waals surface area (Å²) < 4.78 is 0. The number of aliphatic hydroxyl groups excluding tert-OH is 1. The monoisotopic (exact) mass is 575 g/mol. The molecule has 3 rings (SSSR count). The Morgan fingerprint density at radius 3 is 2.37 bits per heavy atom. The number of rotatable bonds is 11. The molecule has 6 amide bonds. The van der Waals surface area contributed by atoms with Crippen LogP contribution < -0.4 is 27.4 Å². The van der Waals surface area contributed by atoms with Crippen LogP contribution in [0.2, 0.25) is 0 Å². The second-order valence-electron chi connectivity index (χ2n) is 10.2.